The molecule has 1 aromatic carbocycles. The Morgan fingerprint density at radius 1 is 1.28 bits per heavy atom. The molecule has 11 nitrogen and oxygen atoms in total. The van der Waals surface area contributed by atoms with Gasteiger partial charge in [0.1, 0.15) is 18.7 Å². The summed E-state index contributed by atoms with van der Waals surface area (Å²) in [5, 5.41) is 24.2. The number of H-pyrrole nitrogens is 1. The van der Waals surface area contributed by atoms with E-state index in [1.807, 2.05) is 18.5 Å². The van der Waals surface area contributed by atoms with Gasteiger partial charge >= 0.3 is 5.97 Å². The third-order valence-electron chi connectivity index (χ3n) is 4.98. The monoisotopic (exact) mass is 503 g/mol. The van der Waals surface area contributed by atoms with Crippen LogP contribution in [0.4, 0.5) is 0 Å². The number of carbonyl (C=O) groups excluding carboxylic acids is 1. The van der Waals surface area contributed by atoms with Crippen LogP contribution >= 0.6 is 0 Å². The third kappa shape index (κ3) is 11.9. The van der Waals surface area contributed by atoms with E-state index in [9.17, 15) is 9.59 Å². The molecular weight excluding hydrogens is 462 g/mol. The molecule has 3 rings (SSSR count). The Balaban J connectivity index is 0.000000347. The summed E-state index contributed by atoms with van der Waals surface area (Å²) in [4.78, 5) is 30.6. The zero-order chi connectivity index (χ0) is 27.1. The molecule has 1 amide bonds. The van der Waals surface area contributed by atoms with Crippen LogP contribution in [0.2, 0.25) is 0 Å². The fourth-order valence-corrected chi connectivity index (χ4v) is 3.31. The number of hydrogen-bond donors (Lipinski definition) is 5. The molecular formula is C25H41N7O4. The summed E-state index contributed by atoms with van der Waals surface area (Å²) in [6.07, 6.45) is 6.95. The van der Waals surface area contributed by atoms with Crippen LogP contribution in [0.15, 0.2) is 37.1 Å². The number of nitrogens with one attached hydrogen (secondary N) is 2. The number of likely N-dealkylation sites (N-methyl/N-ethyl adjacent to an activating group) is 1. The molecule has 2 aromatic heterocycles. The summed E-state index contributed by atoms with van der Waals surface area (Å²) in [7, 11) is 4.20. The standard InChI is InChI=1S/C15H19N5.C8H15NO3.C2H7NO/c1-19(2)6-5-13-8-17-15-4-3-12(7-14(13)15)9-20-11-16-10-18-20;1-5(2)4-7(8(11)12)9-6(3)10;3-1-2-4/h3-4,7-8,10-11,17H,5-6,9H2,1-2H3;5,7H,4H2,1-3H3,(H,9,10)(H,11,12);4H,1-3H2. The highest BCUT2D eigenvalue weighted by Gasteiger charge is 2.18. The molecule has 0 aliphatic rings. The number of rotatable bonds is 10. The molecule has 3 aromatic rings. The molecule has 11 heteroatoms. The average Bonchev–Trinajstić information content (AvgIpc) is 3.47. The molecule has 0 spiro atoms. The van der Waals surface area contributed by atoms with Gasteiger partial charge in [-0.05, 0) is 56.1 Å². The highest BCUT2D eigenvalue weighted by molar-refractivity contribution is 5.84. The second kappa shape index (κ2) is 16.4. The molecule has 2 heterocycles. The second-order valence-electron chi connectivity index (χ2n) is 9.07. The molecule has 0 saturated heterocycles. The topological polar surface area (TPSA) is 162 Å². The molecule has 1 unspecified atom stereocenters. The van der Waals surface area contributed by atoms with Gasteiger partial charge in [-0.15, -0.1) is 0 Å². The molecule has 0 bridgehead atoms. The van der Waals surface area contributed by atoms with Crippen molar-refractivity contribution in [1.29, 1.82) is 0 Å². The molecule has 1 atom stereocenters. The van der Waals surface area contributed by atoms with Crippen molar-refractivity contribution >= 4 is 22.8 Å². The van der Waals surface area contributed by atoms with Crippen molar-refractivity contribution < 1.29 is 19.8 Å². The van der Waals surface area contributed by atoms with Crippen molar-refractivity contribution in [3.63, 3.8) is 0 Å². The fourth-order valence-electron chi connectivity index (χ4n) is 3.31. The first-order valence-corrected chi connectivity index (χ1v) is 11.9. The quantitative estimate of drug-likeness (QED) is 0.278. The van der Waals surface area contributed by atoms with E-state index in [4.69, 9.17) is 15.9 Å². The van der Waals surface area contributed by atoms with Gasteiger partial charge in [0.25, 0.3) is 0 Å². The lowest BCUT2D eigenvalue weighted by molar-refractivity contribution is -0.142. The summed E-state index contributed by atoms with van der Waals surface area (Å²) in [5.41, 5.74) is 8.59. The predicted octanol–water partition coefficient (Wildman–Crippen LogP) is 1.47. The van der Waals surface area contributed by atoms with Crippen molar-refractivity contribution in [2.75, 3.05) is 33.8 Å². The minimum Gasteiger partial charge on any atom is -0.480 e. The average molecular weight is 504 g/mol. The van der Waals surface area contributed by atoms with E-state index in [-0.39, 0.29) is 18.4 Å². The summed E-state index contributed by atoms with van der Waals surface area (Å²) < 4.78 is 1.84. The maximum absolute atomic E-state index is 10.6. The molecule has 0 saturated carbocycles. The Kier molecular flexibility index (Phi) is 14.0. The van der Waals surface area contributed by atoms with Crippen molar-refractivity contribution in [3.05, 3.63) is 48.2 Å². The van der Waals surface area contributed by atoms with Gasteiger partial charge in [0, 0.05) is 37.1 Å². The van der Waals surface area contributed by atoms with Gasteiger partial charge in [-0.1, -0.05) is 19.9 Å². The van der Waals surface area contributed by atoms with Crippen molar-refractivity contribution in [2.24, 2.45) is 11.7 Å². The predicted molar refractivity (Wildman–Crippen MR) is 141 cm³/mol. The summed E-state index contributed by atoms with van der Waals surface area (Å²) in [6.45, 7) is 7.43. The number of nitrogens with zero attached hydrogens (tertiary/aromatic N) is 4. The zero-order valence-electron chi connectivity index (χ0n) is 21.9. The number of carboxylic acids is 1. The number of benzene rings is 1. The third-order valence-corrected chi connectivity index (χ3v) is 4.98. The first-order chi connectivity index (χ1) is 17.1. The molecule has 200 valence electrons. The maximum atomic E-state index is 10.6. The van der Waals surface area contributed by atoms with Gasteiger partial charge in [-0.25, -0.2) is 14.5 Å². The van der Waals surface area contributed by atoms with Crippen LogP contribution < -0.4 is 11.1 Å². The Morgan fingerprint density at radius 2 is 1.97 bits per heavy atom. The number of carbonyl (C=O) groups is 2. The van der Waals surface area contributed by atoms with E-state index >= 15 is 0 Å². The number of aliphatic carboxylic acids is 1. The molecule has 6 N–H and O–H groups in total. The number of hydrogen-bond acceptors (Lipinski definition) is 7. The van der Waals surface area contributed by atoms with Crippen LogP contribution in [0.1, 0.15) is 38.3 Å². The van der Waals surface area contributed by atoms with Crippen molar-refractivity contribution in [2.45, 2.75) is 46.2 Å². The normalized spacial score (nSPS) is 11.5. The van der Waals surface area contributed by atoms with Gasteiger partial charge in [-0.3, -0.25) is 4.79 Å². The second-order valence-corrected chi connectivity index (χ2v) is 9.07. The first-order valence-electron chi connectivity index (χ1n) is 11.9. The lowest BCUT2D eigenvalue weighted by Gasteiger charge is -2.14. The van der Waals surface area contributed by atoms with Crippen LogP contribution in [0.25, 0.3) is 10.9 Å². The van der Waals surface area contributed by atoms with Gasteiger partial charge in [-0.2, -0.15) is 5.10 Å². The van der Waals surface area contributed by atoms with E-state index in [1.54, 1.807) is 12.7 Å². The van der Waals surface area contributed by atoms with E-state index in [0.717, 1.165) is 19.5 Å². The summed E-state index contributed by atoms with van der Waals surface area (Å²) in [5.74, 6) is -1.01. The molecule has 0 radical (unpaired) electrons. The summed E-state index contributed by atoms with van der Waals surface area (Å²) >= 11 is 0. The Morgan fingerprint density at radius 3 is 2.47 bits per heavy atom. The van der Waals surface area contributed by atoms with E-state index in [1.165, 1.54) is 29.0 Å². The Hall–Kier alpha value is -3.28. The van der Waals surface area contributed by atoms with Gasteiger partial charge in [0.05, 0.1) is 13.2 Å². The number of fused-ring (bicyclic) bond motifs is 1. The van der Waals surface area contributed by atoms with Crippen LogP contribution in [-0.4, -0.2) is 86.6 Å². The zero-order valence-corrected chi connectivity index (χ0v) is 21.9. The number of aliphatic hydroxyl groups is 1. The lowest BCUT2D eigenvalue weighted by Crippen LogP contribution is -2.40. The fraction of sp³-hybridized carbons (Fsp3) is 0.520. The molecule has 36 heavy (non-hydrogen) atoms. The number of carboxylic acid groups (broad SMARTS) is 1. The number of aromatic amines is 1. The maximum Gasteiger partial charge on any atom is 0.326 e. The van der Waals surface area contributed by atoms with Crippen molar-refractivity contribution in [1.82, 2.24) is 30.0 Å². The van der Waals surface area contributed by atoms with Crippen LogP contribution in [0.3, 0.4) is 0 Å². The highest BCUT2D eigenvalue weighted by Crippen LogP contribution is 2.21. The number of aromatic nitrogens is 4. The molecule has 0 aliphatic carbocycles. The smallest absolute Gasteiger partial charge is 0.326 e. The Labute approximate surface area is 212 Å². The minimum atomic E-state index is -0.973. The van der Waals surface area contributed by atoms with Crippen molar-refractivity contribution in [3.8, 4) is 0 Å². The molecule has 0 aliphatic heterocycles. The van der Waals surface area contributed by atoms with E-state index < -0.39 is 12.0 Å². The summed E-state index contributed by atoms with van der Waals surface area (Å²) in [6, 6.07) is 5.78. The number of aliphatic hydroxyl groups excluding tert-OH is 1. The SMILES string of the molecule is CC(=O)NC(CC(C)C)C(=O)O.CN(C)CCc1c[nH]c2ccc(Cn3cncn3)cc12.NCCO. The van der Waals surface area contributed by atoms with E-state index in [0.29, 0.717) is 13.0 Å². The van der Waals surface area contributed by atoms with E-state index in [2.05, 4.69) is 63.8 Å². The van der Waals surface area contributed by atoms with Crippen LogP contribution in [0, 0.1) is 5.92 Å². The highest BCUT2D eigenvalue weighted by atomic mass is 16.4. The Bertz CT molecular complexity index is 1030. The number of nitrogens with two attached hydrogens (primary N) is 1. The first kappa shape index (κ1) is 30.8. The van der Waals surface area contributed by atoms with Crippen LogP contribution in [-0.2, 0) is 22.6 Å². The minimum absolute atomic E-state index is 0.0972. The van der Waals surface area contributed by atoms with Crippen LogP contribution in [0.5, 0.6) is 0 Å². The largest absolute Gasteiger partial charge is 0.480 e. The number of amides is 1. The van der Waals surface area contributed by atoms with Gasteiger partial charge in [0.15, 0.2) is 0 Å². The lowest BCUT2D eigenvalue weighted by atomic mass is 10.0. The van der Waals surface area contributed by atoms with Gasteiger partial charge < -0.3 is 31.1 Å². The molecule has 0 fully saturated rings. The van der Waals surface area contributed by atoms with Gasteiger partial charge in [0.2, 0.25) is 5.91 Å².